The molecule has 0 unspecified atom stereocenters. The summed E-state index contributed by atoms with van der Waals surface area (Å²) in [5.41, 5.74) is 1.98. The molecule has 138 valence electrons. The van der Waals surface area contributed by atoms with Crippen LogP contribution in [0.25, 0.3) is 6.08 Å². The van der Waals surface area contributed by atoms with E-state index >= 15 is 0 Å². The molecule has 4 atom stereocenters. The molecule has 2 amide bonds. The highest BCUT2D eigenvalue weighted by Gasteiger charge is 2.59. The first-order valence-electron chi connectivity index (χ1n) is 9.57. The molecule has 0 spiro atoms. The Labute approximate surface area is 163 Å². The smallest absolute Gasteiger partial charge is 0.238 e. The van der Waals surface area contributed by atoms with Gasteiger partial charge in [-0.15, -0.1) is 0 Å². The molecule has 0 N–H and O–H groups in total. The lowest BCUT2D eigenvalue weighted by atomic mass is 9.85. The number of benzene rings is 2. The maximum absolute atomic E-state index is 12.9. The van der Waals surface area contributed by atoms with Gasteiger partial charge in [-0.05, 0) is 42.0 Å². The molecule has 28 heavy (non-hydrogen) atoms. The molecule has 1 aliphatic heterocycles. The maximum atomic E-state index is 12.9. The summed E-state index contributed by atoms with van der Waals surface area (Å²) in [7, 11) is 0. The normalized spacial score (nSPS) is 27.8. The van der Waals surface area contributed by atoms with Crippen molar-refractivity contribution >= 4 is 29.4 Å². The number of hydrogen-bond acceptors (Lipinski definition) is 3. The lowest BCUT2D eigenvalue weighted by Crippen LogP contribution is -2.32. The van der Waals surface area contributed by atoms with Crippen LogP contribution in [-0.2, 0) is 9.59 Å². The summed E-state index contributed by atoms with van der Waals surface area (Å²) in [6.45, 7) is 0. The van der Waals surface area contributed by atoms with E-state index < -0.39 is 0 Å². The first kappa shape index (κ1) is 16.9. The second-order valence-electron chi connectivity index (χ2n) is 7.67. The van der Waals surface area contributed by atoms with Gasteiger partial charge in [-0.25, -0.2) is 4.90 Å². The van der Waals surface area contributed by atoms with E-state index in [-0.39, 0.29) is 41.3 Å². The third-order valence-corrected chi connectivity index (χ3v) is 6.08. The van der Waals surface area contributed by atoms with E-state index in [1.165, 1.54) is 11.0 Å². The third kappa shape index (κ3) is 2.56. The van der Waals surface area contributed by atoms with Crippen LogP contribution in [0.1, 0.15) is 22.3 Å². The number of rotatable bonds is 4. The standard InChI is InChI=1S/C24H19NO3/c26-20(16-6-2-1-3-7-16)12-9-15-5-4-8-19(13-15)25-23(27)21-17-10-11-18(14-17)22(21)24(25)28/h1-13,17-18,21-22H,14H2/b12-9-/t17-,18-,21-,22+/m0/s1. The van der Waals surface area contributed by atoms with Crippen LogP contribution in [0.2, 0.25) is 0 Å². The molecule has 1 saturated carbocycles. The van der Waals surface area contributed by atoms with E-state index in [1.54, 1.807) is 30.3 Å². The molecule has 5 rings (SSSR count). The number of carbonyl (C=O) groups is 3. The number of allylic oxidation sites excluding steroid dienone is 3. The molecule has 1 heterocycles. The van der Waals surface area contributed by atoms with Gasteiger partial charge in [0.25, 0.3) is 0 Å². The predicted octanol–water partition coefficient (Wildman–Crippen LogP) is 3.89. The lowest BCUT2D eigenvalue weighted by Gasteiger charge is -2.17. The monoisotopic (exact) mass is 369 g/mol. The summed E-state index contributed by atoms with van der Waals surface area (Å²) in [5.74, 6) is -0.285. The van der Waals surface area contributed by atoms with Crippen molar-refractivity contribution in [3.05, 3.63) is 84.0 Å². The Kier molecular flexibility index (Phi) is 3.86. The molecule has 0 radical (unpaired) electrons. The van der Waals surface area contributed by atoms with Crippen molar-refractivity contribution < 1.29 is 14.4 Å². The minimum atomic E-state index is -0.207. The van der Waals surface area contributed by atoms with Gasteiger partial charge in [0.05, 0.1) is 17.5 Å². The Morgan fingerprint density at radius 2 is 1.57 bits per heavy atom. The zero-order valence-corrected chi connectivity index (χ0v) is 15.2. The fourth-order valence-corrected chi connectivity index (χ4v) is 4.79. The van der Waals surface area contributed by atoms with Crippen molar-refractivity contribution in [2.75, 3.05) is 4.90 Å². The number of hydrogen-bond donors (Lipinski definition) is 0. The number of nitrogens with zero attached hydrogens (tertiary/aromatic N) is 1. The van der Waals surface area contributed by atoms with Crippen molar-refractivity contribution in [3.63, 3.8) is 0 Å². The number of fused-ring (bicyclic) bond motifs is 5. The molecule has 4 nitrogen and oxygen atoms in total. The molecule has 2 bridgehead atoms. The fourth-order valence-electron chi connectivity index (χ4n) is 4.79. The topological polar surface area (TPSA) is 54.5 Å². The molecule has 2 aromatic rings. The van der Waals surface area contributed by atoms with Gasteiger partial charge in [-0.1, -0.05) is 60.7 Å². The summed E-state index contributed by atoms with van der Waals surface area (Å²) >= 11 is 0. The van der Waals surface area contributed by atoms with Gasteiger partial charge in [-0.2, -0.15) is 0 Å². The summed E-state index contributed by atoms with van der Waals surface area (Å²) in [4.78, 5) is 39.5. The SMILES string of the molecule is O=C(/C=C\c1cccc(N2C(=O)[C@@H]3[C@H](C2=O)[C@H]2C=C[C@H]3C2)c1)c1ccccc1. The highest BCUT2D eigenvalue weighted by molar-refractivity contribution is 6.23. The van der Waals surface area contributed by atoms with Gasteiger partial charge in [0, 0.05) is 5.56 Å². The minimum Gasteiger partial charge on any atom is -0.289 e. The molecule has 4 heteroatoms. The minimum absolute atomic E-state index is 0.0866. The maximum Gasteiger partial charge on any atom is 0.238 e. The van der Waals surface area contributed by atoms with E-state index in [0.29, 0.717) is 11.3 Å². The van der Waals surface area contributed by atoms with Gasteiger partial charge in [-0.3, -0.25) is 14.4 Å². The van der Waals surface area contributed by atoms with Gasteiger partial charge in [0.1, 0.15) is 0 Å². The zero-order chi connectivity index (χ0) is 19.3. The largest absolute Gasteiger partial charge is 0.289 e. The first-order valence-corrected chi connectivity index (χ1v) is 9.57. The van der Waals surface area contributed by atoms with Crippen molar-refractivity contribution in [2.24, 2.45) is 23.7 Å². The fraction of sp³-hybridized carbons (Fsp3) is 0.208. The molecular formula is C24H19NO3. The van der Waals surface area contributed by atoms with Crippen LogP contribution in [0.3, 0.4) is 0 Å². The number of anilines is 1. The quantitative estimate of drug-likeness (QED) is 0.356. The van der Waals surface area contributed by atoms with E-state index in [0.717, 1.165) is 12.0 Å². The van der Waals surface area contributed by atoms with E-state index in [4.69, 9.17) is 0 Å². The summed E-state index contributed by atoms with van der Waals surface area (Å²) in [6.07, 6.45) is 8.34. The van der Waals surface area contributed by atoms with Crippen LogP contribution in [0.4, 0.5) is 5.69 Å². The van der Waals surface area contributed by atoms with Crippen molar-refractivity contribution in [1.29, 1.82) is 0 Å². The highest BCUT2D eigenvalue weighted by Crippen LogP contribution is 2.53. The molecular weight excluding hydrogens is 350 g/mol. The second-order valence-corrected chi connectivity index (χ2v) is 7.67. The number of carbonyl (C=O) groups excluding carboxylic acids is 3. The van der Waals surface area contributed by atoms with Gasteiger partial charge in [0.15, 0.2) is 5.78 Å². The summed E-state index contributed by atoms with van der Waals surface area (Å²) in [6, 6.07) is 16.3. The second kappa shape index (κ2) is 6.41. The Morgan fingerprint density at radius 3 is 2.25 bits per heavy atom. The van der Waals surface area contributed by atoms with Crippen molar-refractivity contribution in [3.8, 4) is 0 Å². The lowest BCUT2D eigenvalue weighted by molar-refractivity contribution is -0.123. The van der Waals surface area contributed by atoms with Crippen LogP contribution < -0.4 is 4.90 Å². The Hall–Kier alpha value is -3.27. The number of amides is 2. The highest BCUT2D eigenvalue weighted by atomic mass is 16.2. The predicted molar refractivity (Wildman–Crippen MR) is 106 cm³/mol. The van der Waals surface area contributed by atoms with E-state index in [2.05, 4.69) is 12.2 Å². The Balaban J connectivity index is 1.39. The number of imide groups is 1. The average molecular weight is 369 g/mol. The van der Waals surface area contributed by atoms with Crippen LogP contribution in [0, 0.1) is 23.7 Å². The van der Waals surface area contributed by atoms with Crippen LogP contribution >= 0.6 is 0 Å². The van der Waals surface area contributed by atoms with Crippen LogP contribution in [-0.4, -0.2) is 17.6 Å². The summed E-state index contributed by atoms with van der Waals surface area (Å²) < 4.78 is 0. The van der Waals surface area contributed by atoms with Crippen molar-refractivity contribution in [2.45, 2.75) is 6.42 Å². The summed E-state index contributed by atoms with van der Waals surface area (Å²) in [5, 5.41) is 0. The Bertz CT molecular complexity index is 1010. The van der Waals surface area contributed by atoms with Gasteiger partial charge < -0.3 is 0 Å². The van der Waals surface area contributed by atoms with Crippen LogP contribution in [0.5, 0.6) is 0 Å². The first-order chi connectivity index (χ1) is 13.6. The van der Waals surface area contributed by atoms with E-state index in [1.807, 2.05) is 30.3 Å². The molecule has 2 aliphatic carbocycles. The average Bonchev–Trinajstić information content (AvgIpc) is 3.41. The van der Waals surface area contributed by atoms with E-state index in [9.17, 15) is 14.4 Å². The zero-order valence-electron chi connectivity index (χ0n) is 15.2. The third-order valence-electron chi connectivity index (χ3n) is 6.08. The molecule has 1 saturated heterocycles. The van der Waals surface area contributed by atoms with Gasteiger partial charge >= 0.3 is 0 Å². The van der Waals surface area contributed by atoms with Gasteiger partial charge in [0.2, 0.25) is 11.8 Å². The molecule has 2 aromatic carbocycles. The van der Waals surface area contributed by atoms with Crippen LogP contribution in [0.15, 0.2) is 72.8 Å². The van der Waals surface area contributed by atoms with Crippen molar-refractivity contribution in [1.82, 2.24) is 0 Å². The molecule has 3 aliphatic rings. The molecule has 2 fully saturated rings. The Morgan fingerprint density at radius 1 is 0.893 bits per heavy atom. The number of ketones is 1. The molecule has 0 aromatic heterocycles.